The molecule has 0 spiro atoms. The minimum Gasteiger partial charge on any atom is -0.392 e. The molecule has 102 valence electrons. The van der Waals surface area contributed by atoms with Crippen LogP contribution in [0.15, 0.2) is 24.3 Å². The van der Waals surface area contributed by atoms with Crippen LogP contribution in [-0.2, 0) is 6.18 Å². The number of aliphatic hydroxyl groups excluding tert-OH is 1. The fourth-order valence-electron chi connectivity index (χ4n) is 2.41. The summed E-state index contributed by atoms with van der Waals surface area (Å²) in [6, 6.07) is 6.69. The van der Waals surface area contributed by atoms with E-state index in [0.717, 1.165) is 12.1 Å². The van der Waals surface area contributed by atoms with Gasteiger partial charge in [-0.1, -0.05) is 12.1 Å². The van der Waals surface area contributed by atoms with E-state index in [1.165, 1.54) is 6.07 Å². The number of rotatable bonds is 2. The van der Waals surface area contributed by atoms with Crippen molar-refractivity contribution in [1.82, 2.24) is 4.90 Å². The molecular formula is C13H13F3N2O. The first-order chi connectivity index (χ1) is 8.91. The van der Waals surface area contributed by atoms with Gasteiger partial charge in [-0.3, -0.25) is 4.90 Å². The van der Waals surface area contributed by atoms with Gasteiger partial charge in [-0.15, -0.1) is 0 Å². The van der Waals surface area contributed by atoms with Crippen molar-refractivity contribution in [2.45, 2.75) is 24.7 Å². The molecule has 6 heteroatoms. The molecule has 0 aromatic heterocycles. The second-order valence-electron chi connectivity index (χ2n) is 4.62. The zero-order valence-corrected chi connectivity index (χ0v) is 10.1. The smallest absolute Gasteiger partial charge is 0.392 e. The van der Waals surface area contributed by atoms with Crippen LogP contribution in [0.4, 0.5) is 13.2 Å². The van der Waals surface area contributed by atoms with E-state index in [1.807, 2.05) is 6.07 Å². The Labute approximate surface area is 108 Å². The van der Waals surface area contributed by atoms with Crippen LogP contribution >= 0.6 is 0 Å². The maximum Gasteiger partial charge on any atom is 0.416 e. The second kappa shape index (κ2) is 5.19. The summed E-state index contributed by atoms with van der Waals surface area (Å²) < 4.78 is 38.0. The Kier molecular flexibility index (Phi) is 3.78. The Hall–Kier alpha value is -1.58. The highest BCUT2D eigenvalue weighted by atomic mass is 19.4. The van der Waals surface area contributed by atoms with Crippen molar-refractivity contribution in [3.63, 3.8) is 0 Å². The van der Waals surface area contributed by atoms with Crippen molar-refractivity contribution in [2.24, 2.45) is 0 Å². The molecule has 0 amide bonds. The predicted octanol–water partition coefficient (Wildman–Crippen LogP) is 2.34. The Morgan fingerprint density at radius 2 is 2.16 bits per heavy atom. The first-order valence-corrected chi connectivity index (χ1v) is 5.88. The molecule has 1 heterocycles. The fourth-order valence-corrected chi connectivity index (χ4v) is 2.41. The molecule has 19 heavy (non-hydrogen) atoms. The third-order valence-electron chi connectivity index (χ3n) is 3.25. The first-order valence-electron chi connectivity index (χ1n) is 5.88. The number of hydrogen-bond acceptors (Lipinski definition) is 3. The number of nitriles is 1. The van der Waals surface area contributed by atoms with E-state index >= 15 is 0 Å². The Bertz CT molecular complexity index is 495. The van der Waals surface area contributed by atoms with E-state index < -0.39 is 17.8 Å². The van der Waals surface area contributed by atoms with E-state index in [-0.39, 0.29) is 12.6 Å². The Morgan fingerprint density at radius 3 is 2.79 bits per heavy atom. The van der Waals surface area contributed by atoms with Gasteiger partial charge in [0.1, 0.15) is 0 Å². The van der Waals surface area contributed by atoms with E-state index in [9.17, 15) is 18.3 Å². The lowest BCUT2D eigenvalue weighted by atomic mass is 10.0. The van der Waals surface area contributed by atoms with Gasteiger partial charge >= 0.3 is 6.18 Å². The van der Waals surface area contributed by atoms with Crippen LogP contribution in [0.5, 0.6) is 0 Å². The van der Waals surface area contributed by atoms with Gasteiger partial charge < -0.3 is 5.11 Å². The van der Waals surface area contributed by atoms with Crippen molar-refractivity contribution in [3.8, 4) is 6.07 Å². The van der Waals surface area contributed by atoms with E-state index in [0.29, 0.717) is 18.5 Å². The SMILES string of the molecule is N#CCN1C[C@@H](O)C[C@H]1c1cccc(C(F)(F)F)c1. The van der Waals surface area contributed by atoms with E-state index in [1.54, 1.807) is 11.0 Å². The highest BCUT2D eigenvalue weighted by Crippen LogP contribution is 2.35. The van der Waals surface area contributed by atoms with Gasteiger partial charge in [0.15, 0.2) is 0 Å². The van der Waals surface area contributed by atoms with Crippen LogP contribution in [-0.4, -0.2) is 29.2 Å². The number of nitrogens with zero attached hydrogens (tertiary/aromatic N) is 2. The lowest BCUT2D eigenvalue weighted by molar-refractivity contribution is -0.137. The van der Waals surface area contributed by atoms with Crippen molar-refractivity contribution in [1.29, 1.82) is 5.26 Å². The standard InChI is InChI=1S/C13H13F3N2O/c14-13(15,16)10-3-1-2-9(6-10)12-7-11(19)8-18(12)5-4-17/h1-3,6,11-12,19H,5,7-8H2/t11-,12-/m0/s1. The van der Waals surface area contributed by atoms with Crippen molar-refractivity contribution in [3.05, 3.63) is 35.4 Å². The van der Waals surface area contributed by atoms with Gasteiger partial charge in [0, 0.05) is 12.6 Å². The van der Waals surface area contributed by atoms with Gasteiger partial charge in [0.2, 0.25) is 0 Å². The molecule has 1 aromatic carbocycles. The summed E-state index contributed by atoms with van der Waals surface area (Å²) in [4.78, 5) is 1.69. The monoisotopic (exact) mass is 270 g/mol. The molecule has 1 aliphatic rings. The molecule has 0 bridgehead atoms. The summed E-state index contributed by atoms with van der Waals surface area (Å²) in [7, 11) is 0. The van der Waals surface area contributed by atoms with Gasteiger partial charge in [0.25, 0.3) is 0 Å². The molecule has 0 aliphatic carbocycles. The third-order valence-corrected chi connectivity index (χ3v) is 3.25. The normalized spacial score (nSPS) is 24.4. The van der Waals surface area contributed by atoms with E-state index in [2.05, 4.69) is 0 Å². The number of halogens is 3. The number of likely N-dealkylation sites (tertiary alicyclic amines) is 1. The largest absolute Gasteiger partial charge is 0.416 e. The number of alkyl halides is 3. The first kappa shape index (κ1) is 13.8. The molecule has 1 aliphatic heterocycles. The fraction of sp³-hybridized carbons (Fsp3) is 0.462. The molecule has 1 fully saturated rings. The highest BCUT2D eigenvalue weighted by Gasteiger charge is 2.34. The van der Waals surface area contributed by atoms with Crippen LogP contribution in [0.25, 0.3) is 0 Å². The minimum absolute atomic E-state index is 0.0952. The quantitative estimate of drug-likeness (QED) is 0.839. The van der Waals surface area contributed by atoms with Gasteiger partial charge in [-0.05, 0) is 24.1 Å². The second-order valence-corrected chi connectivity index (χ2v) is 4.62. The average molecular weight is 270 g/mol. The summed E-state index contributed by atoms with van der Waals surface area (Å²) in [6.07, 6.45) is -4.64. The topological polar surface area (TPSA) is 47.3 Å². The summed E-state index contributed by atoms with van der Waals surface area (Å²) >= 11 is 0. The van der Waals surface area contributed by atoms with Gasteiger partial charge in [-0.25, -0.2) is 0 Å². The van der Waals surface area contributed by atoms with E-state index in [4.69, 9.17) is 5.26 Å². The molecule has 0 unspecified atom stereocenters. The Balaban J connectivity index is 2.28. The number of aliphatic hydroxyl groups is 1. The van der Waals surface area contributed by atoms with Crippen LogP contribution < -0.4 is 0 Å². The molecule has 1 saturated heterocycles. The maximum absolute atomic E-state index is 12.7. The number of β-amino-alcohol motifs (C(OH)–C–C–N with tert-alkyl or cyclic N) is 1. The van der Waals surface area contributed by atoms with Crippen LogP contribution in [0, 0.1) is 11.3 Å². The molecule has 0 saturated carbocycles. The van der Waals surface area contributed by atoms with Crippen molar-refractivity contribution < 1.29 is 18.3 Å². The molecule has 1 N–H and O–H groups in total. The molecule has 2 rings (SSSR count). The molecule has 2 atom stereocenters. The summed E-state index contributed by atoms with van der Waals surface area (Å²) in [6.45, 7) is 0.409. The van der Waals surface area contributed by atoms with Crippen LogP contribution in [0.3, 0.4) is 0 Å². The van der Waals surface area contributed by atoms with Crippen LogP contribution in [0.1, 0.15) is 23.6 Å². The highest BCUT2D eigenvalue weighted by molar-refractivity contribution is 5.29. The number of hydrogen-bond donors (Lipinski definition) is 1. The summed E-state index contributed by atoms with van der Waals surface area (Å²) in [5.41, 5.74) is -0.218. The summed E-state index contributed by atoms with van der Waals surface area (Å²) in [5, 5.41) is 18.3. The molecule has 3 nitrogen and oxygen atoms in total. The lowest BCUT2D eigenvalue weighted by Gasteiger charge is -2.22. The van der Waals surface area contributed by atoms with Gasteiger partial charge in [0.05, 0.1) is 24.3 Å². The third kappa shape index (κ3) is 3.06. The Morgan fingerprint density at radius 1 is 1.42 bits per heavy atom. The lowest BCUT2D eigenvalue weighted by Crippen LogP contribution is -2.25. The maximum atomic E-state index is 12.7. The predicted molar refractivity (Wildman–Crippen MR) is 62.0 cm³/mol. The zero-order valence-electron chi connectivity index (χ0n) is 10.1. The minimum atomic E-state index is -4.38. The molecule has 1 aromatic rings. The van der Waals surface area contributed by atoms with Crippen molar-refractivity contribution in [2.75, 3.05) is 13.1 Å². The van der Waals surface area contributed by atoms with Crippen LogP contribution in [0.2, 0.25) is 0 Å². The zero-order chi connectivity index (χ0) is 14.0. The summed E-state index contributed by atoms with van der Waals surface area (Å²) in [5.74, 6) is 0. The number of benzene rings is 1. The molecular weight excluding hydrogens is 257 g/mol. The van der Waals surface area contributed by atoms with Gasteiger partial charge in [-0.2, -0.15) is 18.4 Å². The average Bonchev–Trinajstić information content (AvgIpc) is 2.70. The van der Waals surface area contributed by atoms with Crippen molar-refractivity contribution >= 4 is 0 Å². The molecule has 0 radical (unpaired) electrons.